The van der Waals surface area contributed by atoms with E-state index in [4.69, 9.17) is 4.42 Å². The minimum Gasteiger partial charge on any atom is -0.408 e. The van der Waals surface area contributed by atoms with Crippen molar-refractivity contribution in [3.05, 3.63) is 70.7 Å². The van der Waals surface area contributed by atoms with Gasteiger partial charge in [0, 0.05) is 30.2 Å². The first-order valence-electron chi connectivity index (χ1n) is 9.60. The Hall–Kier alpha value is -3.05. The standard InChI is InChI=1S/C20H17FN4O4S2/c21-15-9-16-17(10-18(15)31(27,28)24-19-22-11-23-30-19)29-20(26)25(16)7-6-13-8-14(13)12-4-2-1-3-5-12/h1-5,9-11,13-14H,6-8H2,(H,22,23,24)/t13-,14+/m0/s1. The summed E-state index contributed by atoms with van der Waals surface area (Å²) in [5.41, 5.74) is 1.52. The van der Waals surface area contributed by atoms with Gasteiger partial charge in [-0.25, -0.2) is 22.6 Å². The van der Waals surface area contributed by atoms with Gasteiger partial charge in [-0.2, -0.15) is 4.37 Å². The number of rotatable bonds is 7. The highest BCUT2D eigenvalue weighted by Gasteiger charge is 2.37. The number of aromatic nitrogens is 3. The number of aryl methyl sites for hydroxylation is 1. The van der Waals surface area contributed by atoms with E-state index >= 15 is 0 Å². The first-order chi connectivity index (χ1) is 14.9. The Bertz CT molecular complexity index is 1400. The van der Waals surface area contributed by atoms with E-state index in [0.29, 0.717) is 18.4 Å². The molecule has 0 radical (unpaired) electrons. The van der Waals surface area contributed by atoms with E-state index in [0.717, 1.165) is 36.5 Å². The minimum atomic E-state index is -4.25. The van der Waals surface area contributed by atoms with Crippen LogP contribution in [0.3, 0.4) is 0 Å². The molecule has 31 heavy (non-hydrogen) atoms. The van der Waals surface area contributed by atoms with Crippen LogP contribution in [0.2, 0.25) is 0 Å². The summed E-state index contributed by atoms with van der Waals surface area (Å²) in [6, 6.07) is 12.2. The van der Waals surface area contributed by atoms with Crippen molar-refractivity contribution in [2.45, 2.75) is 30.2 Å². The van der Waals surface area contributed by atoms with Gasteiger partial charge in [-0.05, 0) is 30.2 Å². The Morgan fingerprint density at radius 3 is 2.81 bits per heavy atom. The SMILES string of the molecule is O=c1oc2cc(S(=O)(=O)Nc3ncns3)c(F)cc2n1CC[C@H]1C[C@@H]1c1ccccc1. The topological polar surface area (TPSA) is 107 Å². The van der Waals surface area contributed by atoms with Crippen molar-refractivity contribution in [2.75, 3.05) is 4.72 Å². The molecular formula is C20H17FN4O4S2. The molecule has 1 fully saturated rings. The van der Waals surface area contributed by atoms with Gasteiger partial charge in [-0.3, -0.25) is 9.29 Å². The fourth-order valence-corrected chi connectivity index (χ4v) is 5.58. The zero-order chi connectivity index (χ0) is 21.6. The summed E-state index contributed by atoms with van der Waals surface area (Å²) in [6.07, 6.45) is 2.97. The van der Waals surface area contributed by atoms with Gasteiger partial charge >= 0.3 is 5.76 Å². The molecule has 2 atom stereocenters. The molecule has 1 aliphatic carbocycles. The Kier molecular flexibility index (Phi) is 4.86. The van der Waals surface area contributed by atoms with E-state index in [2.05, 4.69) is 26.2 Å². The van der Waals surface area contributed by atoms with E-state index in [1.165, 1.54) is 16.5 Å². The number of anilines is 1. The number of oxazole rings is 1. The maximum absolute atomic E-state index is 14.7. The normalized spacial score (nSPS) is 18.4. The number of hydrogen-bond donors (Lipinski definition) is 1. The number of benzene rings is 2. The van der Waals surface area contributed by atoms with Crippen LogP contribution in [0.5, 0.6) is 0 Å². The molecule has 4 aromatic rings. The predicted octanol–water partition coefficient (Wildman–Crippen LogP) is 3.58. The van der Waals surface area contributed by atoms with E-state index < -0.39 is 26.5 Å². The molecule has 0 bridgehead atoms. The third-order valence-corrected chi connectivity index (χ3v) is 7.53. The Labute approximate surface area is 180 Å². The monoisotopic (exact) mass is 460 g/mol. The Morgan fingerprint density at radius 2 is 2.06 bits per heavy atom. The van der Waals surface area contributed by atoms with Gasteiger partial charge in [0.05, 0.1) is 5.52 Å². The summed E-state index contributed by atoms with van der Waals surface area (Å²) in [5.74, 6) is -0.708. The largest absolute Gasteiger partial charge is 0.419 e. The number of halogens is 1. The molecule has 0 spiro atoms. The van der Waals surface area contributed by atoms with Crippen LogP contribution in [0, 0.1) is 11.7 Å². The van der Waals surface area contributed by atoms with Crippen LogP contribution in [0.1, 0.15) is 24.3 Å². The highest BCUT2D eigenvalue weighted by molar-refractivity contribution is 7.93. The average Bonchev–Trinajstić information content (AvgIpc) is 3.22. The molecule has 1 saturated carbocycles. The summed E-state index contributed by atoms with van der Waals surface area (Å²) >= 11 is 0.823. The van der Waals surface area contributed by atoms with Crippen molar-refractivity contribution >= 4 is 37.8 Å². The van der Waals surface area contributed by atoms with Gasteiger partial charge in [0.15, 0.2) is 5.58 Å². The van der Waals surface area contributed by atoms with Crippen molar-refractivity contribution in [3.8, 4) is 0 Å². The fraction of sp³-hybridized carbons (Fsp3) is 0.250. The summed E-state index contributed by atoms with van der Waals surface area (Å²) < 4.78 is 52.2. The third kappa shape index (κ3) is 3.86. The van der Waals surface area contributed by atoms with Crippen molar-refractivity contribution in [1.82, 2.24) is 13.9 Å². The lowest BCUT2D eigenvalue weighted by atomic mass is 10.1. The molecular weight excluding hydrogens is 443 g/mol. The smallest absolute Gasteiger partial charge is 0.408 e. The summed E-state index contributed by atoms with van der Waals surface area (Å²) in [7, 11) is -4.25. The molecule has 0 unspecified atom stereocenters. The van der Waals surface area contributed by atoms with Gasteiger partial charge < -0.3 is 4.42 Å². The van der Waals surface area contributed by atoms with Gasteiger partial charge in [0.2, 0.25) is 5.13 Å². The lowest BCUT2D eigenvalue weighted by Gasteiger charge is -2.07. The van der Waals surface area contributed by atoms with Crippen molar-refractivity contribution in [2.24, 2.45) is 5.92 Å². The second-order valence-electron chi connectivity index (χ2n) is 7.42. The molecule has 2 heterocycles. The highest BCUT2D eigenvalue weighted by atomic mass is 32.2. The molecule has 0 saturated heterocycles. The number of sulfonamides is 1. The van der Waals surface area contributed by atoms with Crippen molar-refractivity contribution in [1.29, 1.82) is 0 Å². The summed E-state index contributed by atoms with van der Waals surface area (Å²) in [6.45, 7) is 0.369. The maximum Gasteiger partial charge on any atom is 0.419 e. The molecule has 1 aliphatic rings. The molecule has 0 aliphatic heterocycles. The summed E-state index contributed by atoms with van der Waals surface area (Å²) in [5, 5.41) is 0.0101. The number of hydrogen-bond acceptors (Lipinski definition) is 7. The van der Waals surface area contributed by atoms with Crippen LogP contribution in [0.25, 0.3) is 11.1 Å². The third-order valence-electron chi connectivity index (χ3n) is 5.47. The number of fused-ring (bicyclic) bond motifs is 1. The van der Waals surface area contributed by atoms with Crippen LogP contribution >= 0.6 is 11.5 Å². The van der Waals surface area contributed by atoms with Gasteiger partial charge in [-0.1, -0.05) is 30.3 Å². The van der Waals surface area contributed by atoms with Crippen LogP contribution in [0.4, 0.5) is 9.52 Å². The first-order valence-corrected chi connectivity index (χ1v) is 11.9. The van der Waals surface area contributed by atoms with Crippen molar-refractivity contribution < 1.29 is 17.2 Å². The fourth-order valence-electron chi connectivity index (χ4n) is 3.84. The molecule has 8 nitrogen and oxygen atoms in total. The van der Waals surface area contributed by atoms with Crippen LogP contribution in [0.15, 0.2) is 62.9 Å². The van der Waals surface area contributed by atoms with E-state index in [9.17, 15) is 17.6 Å². The van der Waals surface area contributed by atoms with E-state index in [1.807, 2.05) is 18.2 Å². The number of nitrogens with one attached hydrogen (secondary N) is 1. The molecule has 5 rings (SSSR count). The van der Waals surface area contributed by atoms with Gasteiger partial charge in [-0.15, -0.1) is 0 Å². The second kappa shape index (κ2) is 7.57. The van der Waals surface area contributed by atoms with E-state index in [1.54, 1.807) is 0 Å². The number of nitrogens with zero attached hydrogens (tertiary/aromatic N) is 3. The second-order valence-corrected chi connectivity index (χ2v) is 9.85. The lowest BCUT2D eigenvalue weighted by molar-refractivity contribution is 0.486. The zero-order valence-corrected chi connectivity index (χ0v) is 17.7. The predicted molar refractivity (Wildman–Crippen MR) is 113 cm³/mol. The van der Waals surface area contributed by atoms with Gasteiger partial charge in [0.25, 0.3) is 10.0 Å². The van der Waals surface area contributed by atoms with Crippen molar-refractivity contribution in [3.63, 3.8) is 0 Å². The lowest BCUT2D eigenvalue weighted by Crippen LogP contribution is -2.15. The maximum atomic E-state index is 14.7. The molecule has 11 heteroatoms. The Morgan fingerprint density at radius 1 is 1.26 bits per heavy atom. The highest BCUT2D eigenvalue weighted by Crippen LogP contribution is 2.49. The molecule has 1 N–H and O–H groups in total. The summed E-state index contributed by atoms with van der Waals surface area (Å²) in [4.78, 5) is 15.5. The molecule has 160 valence electrons. The zero-order valence-electron chi connectivity index (χ0n) is 16.1. The average molecular weight is 461 g/mol. The van der Waals surface area contributed by atoms with Crippen LogP contribution in [-0.4, -0.2) is 22.3 Å². The van der Waals surface area contributed by atoms with E-state index in [-0.39, 0.29) is 16.2 Å². The van der Waals surface area contributed by atoms with Gasteiger partial charge in [0.1, 0.15) is 17.0 Å². The van der Waals surface area contributed by atoms with Crippen LogP contribution < -0.4 is 10.5 Å². The molecule has 2 aromatic carbocycles. The van der Waals surface area contributed by atoms with Crippen LogP contribution in [-0.2, 0) is 16.6 Å². The quantitative estimate of drug-likeness (QED) is 0.452. The minimum absolute atomic E-state index is 0.0101. The Balaban J connectivity index is 1.38. The molecule has 2 aromatic heterocycles. The first kappa shape index (κ1) is 19.9. The molecule has 0 amide bonds.